The van der Waals surface area contributed by atoms with Crippen LogP contribution in [0.1, 0.15) is 89.2 Å². The maximum atomic E-state index is 14.9. The summed E-state index contributed by atoms with van der Waals surface area (Å²) in [6.45, 7) is 4.48. The molecule has 0 aliphatic rings. The van der Waals surface area contributed by atoms with Crippen LogP contribution in [0.4, 0.5) is 4.39 Å². The highest BCUT2D eigenvalue weighted by Crippen LogP contribution is 2.26. The standard InChI is InChI=1S/C31H40FN/c1-3-5-7-8-9-10-12-14-26-15-19-27(20-16-26)29-23-24-30(33-31(29)32)28-21-17-25(18-22-28)13-11-6-4-2/h15-24H,3-14H2,1-2H3. The number of pyridine rings is 1. The van der Waals surface area contributed by atoms with Gasteiger partial charge < -0.3 is 0 Å². The van der Waals surface area contributed by atoms with Crippen LogP contribution in [0.3, 0.4) is 0 Å². The Morgan fingerprint density at radius 3 is 1.61 bits per heavy atom. The van der Waals surface area contributed by atoms with Gasteiger partial charge in [0.25, 0.3) is 0 Å². The number of aryl methyl sites for hydroxylation is 2. The number of hydrogen-bond acceptors (Lipinski definition) is 1. The highest BCUT2D eigenvalue weighted by molar-refractivity contribution is 5.67. The van der Waals surface area contributed by atoms with E-state index in [2.05, 4.69) is 55.2 Å². The van der Waals surface area contributed by atoms with Gasteiger partial charge >= 0.3 is 0 Å². The summed E-state index contributed by atoms with van der Waals surface area (Å²) < 4.78 is 14.9. The van der Waals surface area contributed by atoms with E-state index in [-0.39, 0.29) is 0 Å². The van der Waals surface area contributed by atoms with Gasteiger partial charge in [0.2, 0.25) is 5.95 Å². The molecule has 0 fully saturated rings. The third kappa shape index (κ3) is 8.11. The zero-order chi connectivity index (χ0) is 23.3. The Hall–Kier alpha value is -2.48. The average molecular weight is 446 g/mol. The molecule has 0 aliphatic carbocycles. The molecule has 33 heavy (non-hydrogen) atoms. The molecule has 176 valence electrons. The van der Waals surface area contributed by atoms with Crippen molar-refractivity contribution in [2.24, 2.45) is 0 Å². The van der Waals surface area contributed by atoms with Crippen molar-refractivity contribution in [1.29, 1.82) is 0 Å². The SMILES string of the molecule is CCCCCCCCCc1ccc(-c2ccc(-c3ccc(CCCCC)cc3)nc2F)cc1. The van der Waals surface area contributed by atoms with Crippen molar-refractivity contribution in [2.45, 2.75) is 90.9 Å². The molecule has 0 unspecified atom stereocenters. The van der Waals surface area contributed by atoms with Gasteiger partial charge in [-0.15, -0.1) is 0 Å². The Kier molecular flexibility index (Phi) is 10.6. The molecule has 0 amide bonds. The van der Waals surface area contributed by atoms with Crippen LogP contribution in [0.15, 0.2) is 60.7 Å². The quantitative estimate of drug-likeness (QED) is 0.178. The molecule has 3 rings (SSSR count). The van der Waals surface area contributed by atoms with Gasteiger partial charge in [0.1, 0.15) is 0 Å². The third-order valence-corrected chi connectivity index (χ3v) is 6.50. The molecule has 0 atom stereocenters. The van der Waals surface area contributed by atoms with Crippen LogP contribution in [-0.2, 0) is 12.8 Å². The minimum atomic E-state index is -0.403. The predicted octanol–water partition coefficient (Wildman–Crippen LogP) is 9.58. The van der Waals surface area contributed by atoms with E-state index in [0.717, 1.165) is 24.0 Å². The minimum Gasteiger partial charge on any atom is -0.219 e. The van der Waals surface area contributed by atoms with E-state index in [4.69, 9.17) is 0 Å². The van der Waals surface area contributed by atoms with Gasteiger partial charge in [0.15, 0.2) is 0 Å². The van der Waals surface area contributed by atoms with Crippen molar-refractivity contribution in [3.05, 3.63) is 77.7 Å². The number of halogens is 1. The van der Waals surface area contributed by atoms with Gasteiger partial charge in [0.05, 0.1) is 5.69 Å². The van der Waals surface area contributed by atoms with Crippen LogP contribution in [0.5, 0.6) is 0 Å². The Balaban J connectivity index is 1.55. The maximum Gasteiger partial charge on any atom is 0.221 e. The monoisotopic (exact) mass is 445 g/mol. The van der Waals surface area contributed by atoms with Crippen molar-refractivity contribution in [1.82, 2.24) is 4.98 Å². The van der Waals surface area contributed by atoms with Gasteiger partial charge in [-0.3, -0.25) is 0 Å². The van der Waals surface area contributed by atoms with E-state index in [1.807, 2.05) is 24.3 Å². The fourth-order valence-corrected chi connectivity index (χ4v) is 4.37. The molecular formula is C31H40FN. The van der Waals surface area contributed by atoms with Crippen LogP contribution >= 0.6 is 0 Å². The van der Waals surface area contributed by atoms with Crippen molar-refractivity contribution in [2.75, 3.05) is 0 Å². The van der Waals surface area contributed by atoms with E-state index in [1.54, 1.807) is 0 Å². The first-order chi connectivity index (χ1) is 16.2. The van der Waals surface area contributed by atoms with E-state index >= 15 is 0 Å². The number of unbranched alkanes of at least 4 members (excludes halogenated alkanes) is 8. The fraction of sp³-hybridized carbons (Fsp3) is 0.452. The molecule has 0 radical (unpaired) electrons. The van der Waals surface area contributed by atoms with Gasteiger partial charge in [-0.25, -0.2) is 4.98 Å². The van der Waals surface area contributed by atoms with Crippen LogP contribution in [0, 0.1) is 5.95 Å². The number of rotatable bonds is 14. The Labute approximate surface area is 200 Å². The summed E-state index contributed by atoms with van der Waals surface area (Å²) in [5.41, 5.74) is 5.77. The Morgan fingerprint density at radius 2 is 1.03 bits per heavy atom. The lowest BCUT2D eigenvalue weighted by Crippen LogP contribution is -1.93. The fourth-order valence-electron chi connectivity index (χ4n) is 4.37. The smallest absolute Gasteiger partial charge is 0.219 e. The molecule has 0 N–H and O–H groups in total. The van der Waals surface area contributed by atoms with E-state index in [9.17, 15) is 4.39 Å². The number of hydrogen-bond donors (Lipinski definition) is 0. The van der Waals surface area contributed by atoms with Crippen LogP contribution < -0.4 is 0 Å². The van der Waals surface area contributed by atoms with Crippen molar-refractivity contribution in [3.8, 4) is 22.4 Å². The molecule has 0 bridgehead atoms. The molecule has 0 spiro atoms. The lowest BCUT2D eigenvalue weighted by Gasteiger charge is -2.08. The van der Waals surface area contributed by atoms with Gasteiger partial charge in [0, 0.05) is 11.1 Å². The molecule has 1 aromatic heterocycles. The second kappa shape index (κ2) is 13.9. The first-order valence-electron chi connectivity index (χ1n) is 13.1. The normalized spacial score (nSPS) is 11.1. The van der Waals surface area contributed by atoms with E-state index in [0.29, 0.717) is 11.3 Å². The summed E-state index contributed by atoms with van der Waals surface area (Å²) in [6.07, 6.45) is 15.2. The lowest BCUT2D eigenvalue weighted by molar-refractivity contribution is 0.588. The Bertz CT molecular complexity index is 944. The topological polar surface area (TPSA) is 12.9 Å². The van der Waals surface area contributed by atoms with Crippen LogP contribution in [0.2, 0.25) is 0 Å². The minimum absolute atomic E-state index is 0.403. The zero-order valence-corrected chi connectivity index (χ0v) is 20.6. The molecular weight excluding hydrogens is 405 g/mol. The second-order valence-corrected chi connectivity index (χ2v) is 9.26. The van der Waals surface area contributed by atoms with Gasteiger partial charge in [-0.1, -0.05) is 114 Å². The summed E-state index contributed by atoms with van der Waals surface area (Å²) in [7, 11) is 0. The number of aromatic nitrogens is 1. The average Bonchev–Trinajstić information content (AvgIpc) is 2.84. The summed E-state index contributed by atoms with van der Waals surface area (Å²) in [5.74, 6) is -0.403. The molecule has 1 nitrogen and oxygen atoms in total. The van der Waals surface area contributed by atoms with E-state index in [1.165, 1.54) is 75.3 Å². The predicted molar refractivity (Wildman–Crippen MR) is 140 cm³/mol. The summed E-state index contributed by atoms with van der Waals surface area (Å²) >= 11 is 0. The molecule has 1 heterocycles. The summed E-state index contributed by atoms with van der Waals surface area (Å²) in [6, 6.07) is 20.5. The molecule has 0 saturated heterocycles. The molecule has 0 saturated carbocycles. The highest BCUT2D eigenvalue weighted by Gasteiger charge is 2.09. The zero-order valence-electron chi connectivity index (χ0n) is 20.6. The highest BCUT2D eigenvalue weighted by atomic mass is 19.1. The van der Waals surface area contributed by atoms with Crippen molar-refractivity contribution >= 4 is 0 Å². The number of benzene rings is 2. The lowest BCUT2D eigenvalue weighted by atomic mass is 10.0. The van der Waals surface area contributed by atoms with Crippen molar-refractivity contribution in [3.63, 3.8) is 0 Å². The summed E-state index contributed by atoms with van der Waals surface area (Å²) in [4.78, 5) is 4.27. The molecule has 2 aromatic carbocycles. The molecule has 2 heteroatoms. The van der Waals surface area contributed by atoms with Crippen LogP contribution in [-0.4, -0.2) is 4.98 Å². The molecule has 0 aliphatic heterocycles. The first-order valence-corrected chi connectivity index (χ1v) is 13.1. The van der Waals surface area contributed by atoms with Crippen molar-refractivity contribution < 1.29 is 4.39 Å². The maximum absolute atomic E-state index is 14.9. The Morgan fingerprint density at radius 1 is 0.545 bits per heavy atom. The number of nitrogens with zero attached hydrogens (tertiary/aromatic N) is 1. The van der Waals surface area contributed by atoms with Crippen LogP contribution in [0.25, 0.3) is 22.4 Å². The largest absolute Gasteiger partial charge is 0.221 e. The van der Waals surface area contributed by atoms with Gasteiger partial charge in [-0.05, 0) is 54.5 Å². The molecule has 3 aromatic rings. The van der Waals surface area contributed by atoms with E-state index < -0.39 is 5.95 Å². The first kappa shape index (κ1) is 25.1. The summed E-state index contributed by atoms with van der Waals surface area (Å²) in [5, 5.41) is 0. The third-order valence-electron chi connectivity index (χ3n) is 6.50. The van der Waals surface area contributed by atoms with Gasteiger partial charge in [-0.2, -0.15) is 4.39 Å². The second-order valence-electron chi connectivity index (χ2n) is 9.26.